The van der Waals surface area contributed by atoms with E-state index in [-0.39, 0.29) is 6.04 Å². The summed E-state index contributed by atoms with van der Waals surface area (Å²) in [6.07, 6.45) is 3.87. The molecule has 1 aliphatic carbocycles. The van der Waals surface area contributed by atoms with Gasteiger partial charge < -0.3 is 5.73 Å². The van der Waals surface area contributed by atoms with Gasteiger partial charge in [-0.2, -0.15) is 0 Å². The van der Waals surface area contributed by atoms with Crippen molar-refractivity contribution >= 4 is 10.8 Å². The molecule has 0 spiro atoms. The maximum absolute atomic E-state index is 6.64. The van der Waals surface area contributed by atoms with Crippen molar-refractivity contribution in [2.75, 3.05) is 0 Å². The van der Waals surface area contributed by atoms with Gasteiger partial charge in [-0.15, -0.1) is 0 Å². The second kappa shape index (κ2) is 5.57. The molecular weight excluding hydrogens is 242 g/mol. The van der Waals surface area contributed by atoms with Crippen LogP contribution in [0.4, 0.5) is 0 Å². The number of benzene rings is 2. The van der Waals surface area contributed by atoms with Crippen molar-refractivity contribution in [3.05, 3.63) is 48.0 Å². The molecule has 106 valence electrons. The van der Waals surface area contributed by atoms with Gasteiger partial charge in [0.1, 0.15) is 0 Å². The molecule has 4 unspecified atom stereocenters. The zero-order valence-corrected chi connectivity index (χ0v) is 12.5. The molecule has 1 fully saturated rings. The predicted octanol–water partition coefficient (Wildman–Crippen LogP) is 4.91. The minimum absolute atomic E-state index is 0.177. The molecule has 20 heavy (non-hydrogen) atoms. The quantitative estimate of drug-likeness (QED) is 0.821. The summed E-state index contributed by atoms with van der Waals surface area (Å²) in [4.78, 5) is 0. The van der Waals surface area contributed by atoms with E-state index in [4.69, 9.17) is 5.73 Å². The van der Waals surface area contributed by atoms with Gasteiger partial charge in [-0.05, 0) is 46.9 Å². The Hall–Kier alpha value is -1.34. The summed E-state index contributed by atoms with van der Waals surface area (Å²) in [6.45, 7) is 4.76. The number of hydrogen-bond acceptors (Lipinski definition) is 1. The third-order valence-electron chi connectivity index (χ3n) is 5.33. The molecule has 0 saturated heterocycles. The van der Waals surface area contributed by atoms with Crippen LogP contribution in [0.15, 0.2) is 42.5 Å². The van der Waals surface area contributed by atoms with Gasteiger partial charge in [-0.3, -0.25) is 0 Å². The highest BCUT2D eigenvalue weighted by atomic mass is 14.7. The summed E-state index contributed by atoms with van der Waals surface area (Å²) in [5, 5.41) is 2.63. The first-order valence-electron chi connectivity index (χ1n) is 7.90. The first-order valence-corrected chi connectivity index (χ1v) is 7.90. The first-order chi connectivity index (χ1) is 9.66. The van der Waals surface area contributed by atoms with Gasteiger partial charge >= 0.3 is 0 Å². The van der Waals surface area contributed by atoms with Crippen LogP contribution in [0.3, 0.4) is 0 Å². The van der Waals surface area contributed by atoms with E-state index in [0.29, 0.717) is 5.92 Å². The van der Waals surface area contributed by atoms with Gasteiger partial charge in [0.15, 0.2) is 0 Å². The normalized spacial score (nSPS) is 28.4. The summed E-state index contributed by atoms with van der Waals surface area (Å²) in [7, 11) is 0. The van der Waals surface area contributed by atoms with Crippen LogP contribution in [0.25, 0.3) is 10.8 Å². The number of hydrogen-bond donors (Lipinski definition) is 1. The maximum Gasteiger partial charge on any atom is 0.0329 e. The van der Waals surface area contributed by atoms with Gasteiger partial charge in [0.25, 0.3) is 0 Å². The van der Waals surface area contributed by atoms with E-state index in [2.05, 4.69) is 56.3 Å². The van der Waals surface area contributed by atoms with Crippen molar-refractivity contribution in [3.8, 4) is 0 Å². The Labute approximate surface area is 122 Å². The van der Waals surface area contributed by atoms with Crippen molar-refractivity contribution in [2.45, 2.75) is 39.2 Å². The zero-order valence-electron chi connectivity index (χ0n) is 12.5. The van der Waals surface area contributed by atoms with Gasteiger partial charge in [-0.25, -0.2) is 0 Å². The molecule has 1 heteroatoms. The molecule has 0 aromatic heterocycles. The van der Waals surface area contributed by atoms with E-state index in [1.165, 1.54) is 35.6 Å². The van der Waals surface area contributed by atoms with Crippen LogP contribution in [0.2, 0.25) is 0 Å². The Morgan fingerprint density at radius 2 is 1.70 bits per heavy atom. The van der Waals surface area contributed by atoms with Gasteiger partial charge in [0.05, 0.1) is 0 Å². The second-order valence-corrected chi connectivity index (χ2v) is 6.62. The number of fused-ring (bicyclic) bond motifs is 1. The summed E-state index contributed by atoms with van der Waals surface area (Å²) >= 11 is 0. The first kappa shape index (κ1) is 13.6. The van der Waals surface area contributed by atoms with Crippen LogP contribution >= 0.6 is 0 Å². The van der Waals surface area contributed by atoms with Gasteiger partial charge in [0.2, 0.25) is 0 Å². The maximum atomic E-state index is 6.64. The Bertz CT molecular complexity index is 584. The van der Waals surface area contributed by atoms with Gasteiger partial charge in [0, 0.05) is 6.04 Å². The fourth-order valence-corrected chi connectivity index (χ4v) is 3.71. The molecule has 0 bridgehead atoms. The van der Waals surface area contributed by atoms with Crippen molar-refractivity contribution in [3.63, 3.8) is 0 Å². The van der Waals surface area contributed by atoms with Crippen molar-refractivity contribution in [2.24, 2.45) is 23.5 Å². The third-order valence-corrected chi connectivity index (χ3v) is 5.33. The molecule has 1 saturated carbocycles. The second-order valence-electron chi connectivity index (χ2n) is 6.62. The molecule has 2 aromatic rings. The summed E-state index contributed by atoms with van der Waals surface area (Å²) in [5.41, 5.74) is 7.97. The smallest absolute Gasteiger partial charge is 0.0329 e. The van der Waals surface area contributed by atoms with Crippen LogP contribution in [0.1, 0.15) is 44.7 Å². The van der Waals surface area contributed by atoms with E-state index in [0.717, 1.165) is 11.8 Å². The van der Waals surface area contributed by atoms with Crippen LogP contribution in [-0.2, 0) is 0 Å². The number of nitrogens with two attached hydrogens (primary N) is 1. The molecule has 3 rings (SSSR count). The molecule has 2 N–H and O–H groups in total. The summed E-state index contributed by atoms with van der Waals surface area (Å²) < 4.78 is 0. The Kier molecular flexibility index (Phi) is 3.80. The molecular formula is C19H25N. The molecule has 0 heterocycles. The lowest BCUT2D eigenvalue weighted by Gasteiger charge is -2.35. The lowest BCUT2D eigenvalue weighted by atomic mass is 9.72. The van der Waals surface area contributed by atoms with Crippen molar-refractivity contribution in [1.29, 1.82) is 0 Å². The minimum Gasteiger partial charge on any atom is -0.324 e. The Morgan fingerprint density at radius 3 is 2.50 bits per heavy atom. The SMILES string of the molecule is CC1CCC(C(N)c2cccc3ccccc23)CC1C. The highest BCUT2D eigenvalue weighted by Gasteiger charge is 2.29. The van der Waals surface area contributed by atoms with Crippen molar-refractivity contribution in [1.82, 2.24) is 0 Å². The molecule has 0 aliphatic heterocycles. The summed E-state index contributed by atoms with van der Waals surface area (Å²) in [6, 6.07) is 15.3. The van der Waals surface area contributed by atoms with Crippen LogP contribution in [0.5, 0.6) is 0 Å². The zero-order chi connectivity index (χ0) is 14.1. The van der Waals surface area contributed by atoms with Crippen LogP contribution in [-0.4, -0.2) is 0 Å². The molecule has 0 radical (unpaired) electrons. The average Bonchev–Trinajstić information content (AvgIpc) is 2.49. The van der Waals surface area contributed by atoms with E-state index in [1.54, 1.807) is 0 Å². The topological polar surface area (TPSA) is 26.0 Å². The van der Waals surface area contributed by atoms with E-state index >= 15 is 0 Å². The van der Waals surface area contributed by atoms with Crippen LogP contribution in [0, 0.1) is 17.8 Å². The Morgan fingerprint density at radius 1 is 0.950 bits per heavy atom. The minimum atomic E-state index is 0.177. The molecule has 1 nitrogen and oxygen atoms in total. The predicted molar refractivity (Wildman–Crippen MR) is 86.5 cm³/mol. The average molecular weight is 267 g/mol. The van der Waals surface area contributed by atoms with E-state index in [1.807, 2.05) is 0 Å². The Balaban J connectivity index is 1.91. The molecule has 4 atom stereocenters. The lowest BCUT2D eigenvalue weighted by molar-refractivity contribution is 0.186. The lowest BCUT2D eigenvalue weighted by Crippen LogP contribution is -2.29. The monoisotopic (exact) mass is 267 g/mol. The highest BCUT2D eigenvalue weighted by Crippen LogP contribution is 2.40. The standard InChI is InChI=1S/C19H25N/c1-13-10-11-16(12-14(13)2)19(20)18-9-5-7-15-6-3-4-8-17(15)18/h3-9,13-14,16,19H,10-12,20H2,1-2H3. The fourth-order valence-electron chi connectivity index (χ4n) is 3.71. The highest BCUT2D eigenvalue weighted by molar-refractivity contribution is 5.86. The van der Waals surface area contributed by atoms with E-state index < -0.39 is 0 Å². The van der Waals surface area contributed by atoms with Crippen LogP contribution < -0.4 is 5.73 Å². The fraction of sp³-hybridized carbons (Fsp3) is 0.474. The largest absolute Gasteiger partial charge is 0.324 e. The molecule has 0 amide bonds. The summed E-state index contributed by atoms with van der Waals surface area (Å²) in [5.74, 6) is 2.28. The van der Waals surface area contributed by atoms with Crippen molar-refractivity contribution < 1.29 is 0 Å². The molecule has 1 aliphatic rings. The number of rotatable bonds is 2. The molecule has 2 aromatic carbocycles. The van der Waals surface area contributed by atoms with Gasteiger partial charge in [-0.1, -0.05) is 62.7 Å². The van der Waals surface area contributed by atoms with E-state index in [9.17, 15) is 0 Å². The third kappa shape index (κ3) is 2.47.